The molecule has 7 nitrogen and oxygen atoms in total. The van der Waals surface area contributed by atoms with Crippen molar-refractivity contribution in [2.75, 3.05) is 27.9 Å². The Kier molecular flexibility index (Phi) is 5.94. The minimum atomic E-state index is -1.10. The van der Waals surface area contributed by atoms with Gasteiger partial charge in [0.15, 0.2) is 5.78 Å². The molecule has 7 heteroatoms. The van der Waals surface area contributed by atoms with E-state index in [0.29, 0.717) is 22.8 Å². The molecule has 5 rings (SSSR count). The number of hydrogen-bond donors (Lipinski definition) is 1. The number of nitrogens with one attached hydrogen (secondary N) is 1. The highest BCUT2D eigenvalue weighted by atomic mass is 16.5. The van der Waals surface area contributed by atoms with Gasteiger partial charge in [-0.25, -0.2) is 0 Å². The SMILES string of the molecule is COC(=O)[C@H]1N[C@@H](c2ccc(OC)cc2)[C@]2(COc3ccccc3C2=O)[C@@H]1c1ccc(OC)cc1. The number of fused-ring (bicyclic) bond motifs is 1. The molecule has 0 aromatic heterocycles. The molecule has 35 heavy (non-hydrogen) atoms. The monoisotopic (exact) mass is 473 g/mol. The summed E-state index contributed by atoms with van der Waals surface area (Å²) in [6, 6.07) is 20.9. The van der Waals surface area contributed by atoms with Gasteiger partial charge in [0.05, 0.1) is 32.3 Å². The van der Waals surface area contributed by atoms with Crippen molar-refractivity contribution in [2.24, 2.45) is 5.41 Å². The molecule has 2 aliphatic rings. The third-order valence-corrected chi connectivity index (χ3v) is 7.15. The summed E-state index contributed by atoms with van der Waals surface area (Å²) in [5.74, 6) is 0.883. The van der Waals surface area contributed by atoms with Crippen LogP contribution in [0.5, 0.6) is 17.2 Å². The van der Waals surface area contributed by atoms with Gasteiger partial charge >= 0.3 is 5.97 Å². The van der Waals surface area contributed by atoms with Crippen molar-refractivity contribution in [3.05, 3.63) is 89.5 Å². The lowest BCUT2D eigenvalue weighted by Gasteiger charge is -2.41. The molecule has 1 spiro atoms. The van der Waals surface area contributed by atoms with Crippen LogP contribution in [-0.2, 0) is 9.53 Å². The number of hydrogen-bond acceptors (Lipinski definition) is 7. The van der Waals surface area contributed by atoms with E-state index >= 15 is 0 Å². The highest BCUT2D eigenvalue weighted by Crippen LogP contribution is 2.57. The van der Waals surface area contributed by atoms with Gasteiger partial charge in [-0.15, -0.1) is 0 Å². The van der Waals surface area contributed by atoms with Gasteiger partial charge in [0, 0.05) is 12.0 Å². The third kappa shape index (κ3) is 3.63. The first kappa shape index (κ1) is 22.9. The quantitative estimate of drug-likeness (QED) is 0.562. The number of methoxy groups -OCH3 is 3. The molecule has 0 radical (unpaired) electrons. The van der Waals surface area contributed by atoms with E-state index in [9.17, 15) is 9.59 Å². The van der Waals surface area contributed by atoms with Crippen LogP contribution in [0.25, 0.3) is 0 Å². The van der Waals surface area contributed by atoms with Crippen LogP contribution in [0.1, 0.15) is 33.4 Å². The van der Waals surface area contributed by atoms with Gasteiger partial charge in [0.1, 0.15) is 29.9 Å². The molecule has 180 valence electrons. The van der Waals surface area contributed by atoms with E-state index in [4.69, 9.17) is 18.9 Å². The first-order chi connectivity index (χ1) is 17.0. The van der Waals surface area contributed by atoms with E-state index in [2.05, 4.69) is 5.32 Å². The predicted molar refractivity (Wildman–Crippen MR) is 129 cm³/mol. The molecule has 1 N–H and O–H groups in total. The summed E-state index contributed by atoms with van der Waals surface area (Å²) in [4.78, 5) is 27.5. The van der Waals surface area contributed by atoms with Crippen molar-refractivity contribution in [1.29, 1.82) is 0 Å². The molecule has 0 bridgehead atoms. The molecule has 0 saturated carbocycles. The summed E-state index contributed by atoms with van der Waals surface area (Å²) in [7, 11) is 4.56. The smallest absolute Gasteiger partial charge is 0.323 e. The predicted octanol–water partition coefficient (Wildman–Crippen LogP) is 3.94. The summed E-state index contributed by atoms with van der Waals surface area (Å²) >= 11 is 0. The maximum absolute atomic E-state index is 14.4. The van der Waals surface area contributed by atoms with Crippen molar-refractivity contribution in [3.8, 4) is 17.2 Å². The molecule has 0 unspecified atom stereocenters. The Morgan fingerprint density at radius 3 is 2.09 bits per heavy atom. The highest BCUT2D eigenvalue weighted by molar-refractivity contribution is 6.06. The highest BCUT2D eigenvalue weighted by Gasteiger charge is 2.64. The molecule has 3 aromatic carbocycles. The molecule has 4 atom stereocenters. The van der Waals surface area contributed by atoms with E-state index in [-0.39, 0.29) is 12.4 Å². The zero-order valence-electron chi connectivity index (χ0n) is 19.8. The van der Waals surface area contributed by atoms with Gasteiger partial charge in [0.2, 0.25) is 0 Å². The Bertz CT molecular complexity index is 1240. The third-order valence-electron chi connectivity index (χ3n) is 7.15. The van der Waals surface area contributed by atoms with Crippen LogP contribution < -0.4 is 19.5 Å². The van der Waals surface area contributed by atoms with E-state index in [1.165, 1.54) is 7.11 Å². The Balaban J connectivity index is 1.72. The molecule has 0 aliphatic carbocycles. The van der Waals surface area contributed by atoms with Gasteiger partial charge in [-0.1, -0.05) is 36.4 Å². The fraction of sp³-hybridized carbons (Fsp3) is 0.286. The van der Waals surface area contributed by atoms with Crippen LogP contribution in [0.3, 0.4) is 0 Å². The van der Waals surface area contributed by atoms with Crippen LogP contribution >= 0.6 is 0 Å². The maximum Gasteiger partial charge on any atom is 0.323 e. The number of ketones is 1. The van der Waals surface area contributed by atoms with E-state index in [1.807, 2.05) is 60.7 Å². The standard InChI is InChI=1S/C28H27NO6/c1-32-19-12-8-17(9-13-19)23-24(27(31)34-3)29-25(18-10-14-20(33-2)15-11-18)28(23)16-35-22-7-5-4-6-21(22)26(28)30/h4-15,23-25,29H,16H2,1-3H3/t23-,24+,25+,28+/m1/s1. The average Bonchev–Trinajstić information content (AvgIpc) is 3.26. The largest absolute Gasteiger partial charge is 0.497 e. The Morgan fingerprint density at radius 2 is 1.49 bits per heavy atom. The molecule has 0 amide bonds. The fourth-order valence-electron chi connectivity index (χ4n) is 5.46. The van der Waals surface area contributed by atoms with Gasteiger partial charge in [0.25, 0.3) is 0 Å². The Morgan fingerprint density at radius 1 is 0.886 bits per heavy atom. The van der Waals surface area contributed by atoms with Crippen molar-refractivity contribution < 1.29 is 28.5 Å². The molecular weight excluding hydrogens is 446 g/mol. The van der Waals surface area contributed by atoms with Gasteiger partial charge in [-0.2, -0.15) is 0 Å². The Hall–Kier alpha value is -3.84. The van der Waals surface area contributed by atoms with Crippen LogP contribution in [-0.4, -0.2) is 45.7 Å². The van der Waals surface area contributed by atoms with Crippen LogP contribution in [0.2, 0.25) is 0 Å². The molecular formula is C28H27NO6. The molecule has 2 aliphatic heterocycles. The summed E-state index contributed by atoms with van der Waals surface area (Å²) in [5, 5.41) is 3.45. The zero-order chi connectivity index (χ0) is 24.6. The lowest BCUT2D eigenvalue weighted by Crippen LogP contribution is -2.48. The van der Waals surface area contributed by atoms with Crippen LogP contribution in [0, 0.1) is 5.41 Å². The number of carbonyl (C=O) groups is 2. The molecule has 3 aromatic rings. The van der Waals surface area contributed by atoms with Gasteiger partial charge in [-0.3, -0.25) is 14.9 Å². The molecule has 2 heterocycles. The van der Waals surface area contributed by atoms with E-state index in [1.54, 1.807) is 26.4 Å². The number of para-hydroxylation sites is 1. The van der Waals surface area contributed by atoms with Crippen LogP contribution in [0.4, 0.5) is 0 Å². The molecule has 1 fully saturated rings. The minimum Gasteiger partial charge on any atom is -0.497 e. The first-order valence-corrected chi connectivity index (χ1v) is 11.4. The van der Waals surface area contributed by atoms with Crippen LogP contribution in [0.15, 0.2) is 72.8 Å². The number of benzene rings is 3. The van der Waals surface area contributed by atoms with E-state index in [0.717, 1.165) is 11.1 Å². The molecule has 1 saturated heterocycles. The number of Topliss-reactive ketones (excluding diaryl/α,β-unsaturated/α-hetero) is 1. The van der Waals surface area contributed by atoms with E-state index < -0.39 is 29.4 Å². The minimum absolute atomic E-state index is 0.0695. The summed E-state index contributed by atoms with van der Waals surface area (Å²) < 4.78 is 22.1. The number of carbonyl (C=O) groups excluding carboxylic acids is 2. The maximum atomic E-state index is 14.4. The lowest BCUT2D eigenvalue weighted by molar-refractivity contribution is -0.143. The van der Waals surface area contributed by atoms with Crippen molar-refractivity contribution in [2.45, 2.75) is 18.0 Å². The summed E-state index contributed by atoms with van der Waals surface area (Å²) in [5.41, 5.74) is 1.08. The number of ether oxygens (including phenoxy) is 4. The normalized spacial score (nSPS) is 25.0. The zero-order valence-corrected chi connectivity index (χ0v) is 19.8. The summed E-state index contributed by atoms with van der Waals surface area (Å²) in [6.07, 6.45) is 0. The lowest BCUT2D eigenvalue weighted by atomic mass is 9.62. The van der Waals surface area contributed by atoms with Crippen molar-refractivity contribution in [1.82, 2.24) is 5.32 Å². The van der Waals surface area contributed by atoms with Crippen molar-refractivity contribution >= 4 is 11.8 Å². The second kappa shape index (κ2) is 9.07. The second-order valence-corrected chi connectivity index (χ2v) is 8.78. The van der Waals surface area contributed by atoms with Gasteiger partial charge in [-0.05, 0) is 47.5 Å². The fourth-order valence-corrected chi connectivity index (χ4v) is 5.46. The van der Waals surface area contributed by atoms with Crippen molar-refractivity contribution in [3.63, 3.8) is 0 Å². The van der Waals surface area contributed by atoms with Gasteiger partial charge < -0.3 is 18.9 Å². The second-order valence-electron chi connectivity index (χ2n) is 8.78. The Labute approximate surface area is 204 Å². The topological polar surface area (TPSA) is 83.1 Å². The first-order valence-electron chi connectivity index (χ1n) is 11.4. The number of esters is 1. The number of rotatable bonds is 5. The summed E-state index contributed by atoms with van der Waals surface area (Å²) in [6.45, 7) is 0.108. The average molecular weight is 474 g/mol.